The largest absolute Gasteiger partial charge is 0.355 e. The monoisotopic (exact) mass is 724 g/mol. The third-order valence-corrected chi connectivity index (χ3v) is 12.7. The summed E-state index contributed by atoms with van der Waals surface area (Å²) in [6.45, 7) is 2.25. The summed E-state index contributed by atoms with van der Waals surface area (Å²) < 4.78 is 0. The van der Waals surface area contributed by atoms with Gasteiger partial charge in [0, 0.05) is 28.3 Å². The first-order chi connectivity index (χ1) is 28.2. The molecule has 2 aliphatic heterocycles. The minimum Gasteiger partial charge on any atom is -0.355 e. The quantitative estimate of drug-likeness (QED) is 0.182. The number of aryl methyl sites for hydroxylation is 1. The van der Waals surface area contributed by atoms with E-state index < -0.39 is 5.41 Å². The Hall–Kier alpha value is -7.10. The summed E-state index contributed by atoms with van der Waals surface area (Å²) in [7, 11) is 0.838. The van der Waals surface area contributed by atoms with Crippen molar-refractivity contribution in [2.24, 2.45) is 0 Å². The summed E-state index contributed by atoms with van der Waals surface area (Å²) in [6, 6.07) is 72.1. The molecule has 3 aliphatic rings. The van der Waals surface area contributed by atoms with Gasteiger partial charge in [0.15, 0.2) is 7.28 Å². The number of nitrogens with zero attached hydrogens (tertiary/aromatic N) is 1. The highest BCUT2D eigenvalue weighted by Gasteiger charge is 2.52. The van der Waals surface area contributed by atoms with Gasteiger partial charge in [-0.05, 0) is 115 Å². The van der Waals surface area contributed by atoms with Gasteiger partial charge < -0.3 is 10.2 Å². The van der Waals surface area contributed by atoms with Crippen LogP contribution >= 0.6 is 0 Å². The molecule has 0 amide bonds. The lowest BCUT2D eigenvalue weighted by Crippen LogP contribution is -2.47. The van der Waals surface area contributed by atoms with E-state index in [0.29, 0.717) is 0 Å². The molecule has 0 unspecified atom stereocenters. The Kier molecular flexibility index (Phi) is 6.89. The van der Waals surface area contributed by atoms with Gasteiger partial charge in [-0.25, -0.2) is 0 Å². The molecule has 57 heavy (non-hydrogen) atoms. The van der Waals surface area contributed by atoms with Gasteiger partial charge in [0.1, 0.15) is 0 Å². The summed E-state index contributed by atoms with van der Waals surface area (Å²) in [4.78, 5) is 2.60. The lowest BCUT2D eigenvalue weighted by atomic mass is 9.54. The molecule has 2 nitrogen and oxygen atoms in total. The Morgan fingerprint density at radius 3 is 1.82 bits per heavy atom. The van der Waals surface area contributed by atoms with Crippen LogP contribution in [0, 0.1) is 6.92 Å². The molecule has 0 saturated carbocycles. The molecule has 3 heteroatoms. The number of hydrogen-bond donors (Lipinski definition) is 1. The van der Waals surface area contributed by atoms with E-state index in [1.807, 2.05) is 0 Å². The van der Waals surface area contributed by atoms with Crippen molar-refractivity contribution in [1.29, 1.82) is 0 Å². The molecule has 1 aliphatic carbocycles. The van der Waals surface area contributed by atoms with Gasteiger partial charge in [-0.3, -0.25) is 0 Å². The van der Waals surface area contributed by atoms with Crippen LogP contribution in [0.5, 0.6) is 0 Å². The van der Waals surface area contributed by atoms with Crippen LogP contribution in [0.15, 0.2) is 194 Å². The number of para-hydroxylation sites is 2. The topological polar surface area (TPSA) is 15.3 Å². The van der Waals surface area contributed by atoms with Crippen LogP contribution in [-0.4, -0.2) is 7.28 Å². The maximum Gasteiger partial charge on any atom is 0.198 e. The molecule has 2 heterocycles. The van der Waals surface area contributed by atoms with Crippen molar-refractivity contribution in [2.75, 3.05) is 10.2 Å². The Morgan fingerprint density at radius 1 is 0.456 bits per heavy atom. The molecule has 0 saturated heterocycles. The fourth-order valence-electron chi connectivity index (χ4n) is 10.3. The second-order valence-electron chi connectivity index (χ2n) is 15.8. The fraction of sp³-hybridized carbons (Fsp3) is 0.0370. The number of nitrogens with one attached hydrogen (secondary N) is 1. The zero-order chi connectivity index (χ0) is 37.7. The van der Waals surface area contributed by atoms with Crippen LogP contribution < -0.4 is 21.1 Å². The molecule has 12 rings (SSSR count). The van der Waals surface area contributed by atoms with E-state index in [-0.39, 0.29) is 0 Å². The summed E-state index contributed by atoms with van der Waals surface area (Å²) in [5.41, 5.74) is 22.5. The molecule has 0 radical (unpaired) electrons. The molecule has 1 spiro atoms. The van der Waals surface area contributed by atoms with Crippen molar-refractivity contribution in [1.82, 2.24) is 0 Å². The van der Waals surface area contributed by atoms with Gasteiger partial charge in [-0.15, -0.1) is 0 Å². The van der Waals surface area contributed by atoms with E-state index in [1.165, 1.54) is 100.0 Å². The first-order valence-electron chi connectivity index (χ1n) is 20.0. The lowest BCUT2D eigenvalue weighted by molar-refractivity contribution is 0.753. The van der Waals surface area contributed by atoms with E-state index in [2.05, 4.69) is 211 Å². The normalized spacial score (nSPS) is 13.6. The van der Waals surface area contributed by atoms with E-state index in [0.717, 1.165) is 18.7 Å². The Labute approximate surface area is 334 Å². The zero-order valence-electron chi connectivity index (χ0n) is 31.6. The van der Waals surface area contributed by atoms with Crippen molar-refractivity contribution in [3.05, 3.63) is 222 Å². The first-order valence-corrected chi connectivity index (χ1v) is 20.0. The number of hydrogen-bond acceptors (Lipinski definition) is 2. The van der Waals surface area contributed by atoms with Crippen molar-refractivity contribution in [3.63, 3.8) is 0 Å². The summed E-state index contributed by atoms with van der Waals surface area (Å²) >= 11 is 0. The Morgan fingerprint density at radius 2 is 1.07 bits per heavy atom. The highest BCUT2D eigenvalue weighted by atomic mass is 15.2. The molecule has 9 aromatic carbocycles. The number of rotatable bonds is 4. The summed E-state index contributed by atoms with van der Waals surface area (Å²) in [6.07, 6.45) is 0. The fourth-order valence-corrected chi connectivity index (χ4v) is 10.3. The molecular weight excluding hydrogens is 687 g/mol. The van der Waals surface area contributed by atoms with Crippen LogP contribution in [-0.2, 0) is 5.41 Å². The zero-order valence-corrected chi connectivity index (χ0v) is 31.6. The van der Waals surface area contributed by atoms with Crippen LogP contribution in [0.1, 0.15) is 27.8 Å². The van der Waals surface area contributed by atoms with E-state index in [9.17, 15) is 0 Å². The highest BCUT2D eigenvalue weighted by molar-refractivity contribution is 6.73. The first kappa shape index (κ1) is 32.2. The van der Waals surface area contributed by atoms with E-state index in [4.69, 9.17) is 0 Å². The molecule has 9 aromatic rings. The van der Waals surface area contributed by atoms with Crippen LogP contribution in [0.25, 0.3) is 44.2 Å². The molecular formula is C54H37BN2. The number of anilines is 5. The van der Waals surface area contributed by atoms with E-state index in [1.54, 1.807) is 0 Å². The standard InChI is InChI=1S/C54H37BN2/c1-34-30-43(42-32-37-16-5-6-17-38(37)33-49(42)56-39-28-26-36(27-29-39)35-14-3-2-4-15-35)52-51(31-34)57-50-25-12-11-22-46(50)54(47-23-13-24-48(55-52)53(47)57)44-20-9-7-18-40(44)41-19-8-10-21-45(41)54/h2-33,55-56H,1H3. The lowest BCUT2D eigenvalue weighted by Gasteiger charge is -2.48. The predicted molar refractivity (Wildman–Crippen MR) is 241 cm³/mol. The van der Waals surface area contributed by atoms with Gasteiger partial charge >= 0.3 is 0 Å². The third-order valence-electron chi connectivity index (χ3n) is 12.7. The van der Waals surface area contributed by atoms with Gasteiger partial charge in [-0.1, -0.05) is 163 Å². The van der Waals surface area contributed by atoms with Crippen molar-refractivity contribution < 1.29 is 0 Å². The van der Waals surface area contributed by atoms with E-state index >= 15 is 0 Å². The molecule has 0 atom stereocenters. The molecule has 1 N–H and O–H groups in total. The highest BCUT2D eigenvalue weighted by Crippen LogP contribution is 2.63. The van der Waals surface area contributed by atoms with Crippen molar-refractivity contribution in [3.8, 4) is 33.4 Å². The number of benzene rings is 9. The Bertz CT molecular complexity index is 3050. The van der Waals surface area contributed by atoms with Crippen LogP contribution in [0.3, 0.4) is 0 Å². The Balaban J connectivity index is 1.07. The second-order valence-corrected chi connectivity index (χ2v) is 15.8. The number of fused-ring (bicyclic) bond motifs is 12. The van der Waals surface area contributed by atoms with Gasteiger partial charge in [0.2, 0.25) is 0 Å². The molecule has 0 bridgehead atoms. The van der Waals surface area contributed by atoms with Gasteiger partial charge in [0.25, 0.3) is 0 Å². The van der Waals surface area contributed by atoms with Crippen molar-refractivity contribution in [2.45, 2.75) is 12.3 Å². The molecule has 266 valence electrons. The summed E-state index contributed by atoms with van der Waals surface area (Å²) in [5, 5.41) is 6.33. The molecule has 0 aromatic heterocycles. The maximum absolute atomic E-state index is 3.89. The SMILES string of the molecule is Cc1cc(-c2cc3ccccc3cc2Nc2ccc(-c3ccccc3)cc2)c2c(c1)N1c3ccccc3C3(c4ccccc4-c4ccccc43)c3cccc(c31)B2. The minimum atomic E-state index is -0.415. The predicted octanol–water partition coefficient (Wildman–Crippen LogP) is 12.1. The van der Waals surface area contributed by atoms with Crippen molar-refractivity contribution >= 4 is 57.4 Å². The minimum absolute atomic E-state index is 0.415. The average molecular weight is 725 g/mol. The average Bonchev–Trinajstić information content (AvgIpc) is 3.56. The van der Waals surface area contributed by atoms with Gasteiger partial charge in [-0.2, -0.15) is 0 Å². The smallest absolute Gasteiger partial charge is 0.198 e. The summed E-state index contributed by atoms with van der Waals surface area (Å²) in [5.74, 6) is 0. The van der Waals surface area contributed by atoms with Crippen LogP contribution in [0.4, 0.5) is 28.4 Å². The van der Waals surface area contributed by atoms with Gasteiger partial charge in [0.05, 0.1) is 11.1 Å². The third kappa shape index (κ3) is 4.60. The van der Waals surface area contributed by atoms with Crippen LogP contribution in [0.2, 0.25) is 0 Å². The molecule has 0 fully saturated rings. The maximum atomic E-state index is 3.89. The second kappa shape index (κ2) is 12.2.